The first-order valence-corrected chi connectivity index (χ1v) is 6.04. The van der Waals surface area contributed by atoms with Crippen LogP contribution in [0.4, 0.5) is 0 Å². The van der Waals surface area contributed by atoms with Crippen LogP contribution in [0, 0.1) is 12.3 Å². The van der Waals surface area contributed by atoms with Crippen molar-refractivity contribution in [2.45, 2.75) is 51.4 Å². The van der Waals surface area contributed by atoms with Gasteiger partial charge in [0.2, 0.25) is 0 Å². The number of ether oxygens (including phenoxy) is 1. The second-order valence-corrected chi connectivity index (χ2v) is 3.81. The third kappa shape index (κ3) is 13.3. The fourth-order valence-electron chi connectivity index (χ4n) is 1.51. The summed E-state index contributed by atoms with van der Waals surface area (Å²) >= 11 is 0. The molecule has 86 valence electrons. The highest BCUT2D eigenvalue weighted by atomic mass is 16.5. The largest absolute Gasteiger partial charge is 0.369 e. The van der Waals surface area contributed by atoms with Crippen molar-refractivity contribution in [1.82, 2.24) is 0 Å². The molecule has 1 heteroatoms. The molecule has 0 aromatic carbocycles. The third-order valence-corrected chi connectivity index (χ3v) is 2.38. The highest BCUT2D eigenvalue weighted by Gasteiger charge is 1.91. The Morgan fingerprint density at radius 1 is 1.00 bits per heavy atom. The van der Waals surface area contributed by atoms with Gasteiger partial charge in [-0.3, -0.25) is 0 Å². The minimum Gasteiger partial charge on any atom is -0.369 e. The van der Waals surface area contributed by atoms with Crippen molar-refractivity contribution in [3.05, 3.63) is 12.7 Å². The van der Waals surface area contributed by atoms with Crippen LogP contribution in [-0.2, 0) is 4.74 Å². The lowest BCUT2D eigenvalue weighted by Crippen LogP contribution is -1.94. The summed E-state index contributed by atoms with van der Waals surface area (Å²) in [6, 6.07) is 0. The van der Waals surface area contributed by atoms with Crippen LogP contribution in [0.1, 0.15) is 51.4 Å². The molecule has 0 atom stereocenters. The first-order chi connectivity index (χ1) is 7.41. The van der Waals surface area contributed by atoms with Crippen LogP contribution in [0.2, 0.25) is 0 Å². The van der Waals surface area contributed by atoms with E-state index in [0.29, 0.717) is 6.61 Å². The molecule has 0 aromatic rings. The van der Waals surface area contributed by atoms with Crippen LogP contribution in [0.3, 0.4) is 0 Å². The van der Waals surface area contributed by atoms with Gasteiger partial charge in [0.25, 0.3) is 0 Å². The summed E-state index contributed by atoms with van der Waals surface area (Å²) < 4.78 is 5.20. The molecule has 0 fully saturated rings. The van der Waals surface area contributed by atoms with Gasteiger partial charge in [0.15, 0.2) is 0 Å². The summed E-state index contributed by atoms with van der Waals surface area (Å²) in [4.78, 5) is 0. The molecule has 0 aliphatic rings. The summed E-state index contributed by atoms with van der Waals surface area (Å²) in [6.45, 7) is 5.00. The molecule has 0 heterocycles. The molecular weight excluding hydrogens is 184 g/mol. The summed E-state index contributed by atoms with van der Waals surface area (Å²) in [5, 5.41) is 0. The maximum Gasteiger partial charge on any atom is 0.107 e. The Morgan fingerprint density at radius 3 is 2.20 bits per heavy atom. The van der Waals surface area contributed by atoms with Gasteiger partial charge in [0, 0.05) is 6.61 Å². The van der Waals surface area contributed by atoms with Gasteiger partial charge in [-0.05, 0) is 19.3 Å². The summed E-state index contributed by atoms with van der Waals surface area (Å²) in [7, 11) is 0. The van der Waals surface area contributed by atoms with Gasteiger partial charge in [-0.1, -0.05) is 44.1 Å². The molecule has 15 heavy (non-hydrogen) atoms. The predicted octanol–water partition coefficient (Wildman–Crippen LogP) is 3.94. The van der Waals surface area contributed by atoms with E-state index in [9.17, 15) is 0 Å². The van der Waals surface area contributed by atoms with Crippen LogP contribution < -0.4 is 0 Å². The van der Waals surface area contributed by atoms with Crippen LogP contribution >= 0.6 is 0 Å². The van der Waals surface area contributed by atoms with E-state index in [-0.39, 0.29) is 0 Å². The lowest BCUT2D eigenvalue weighted by atomic mass is 10.1. The molecule has 0 rings (SSSR count). The summed E-state index contributed by atoms with van der Waals surface area (Å²) in [6.07, 6.45) is 17.3. The quantitative estimate of drug-likeness (QED) is 0.284. The smallest absolute Gasteiger partial charge is 0.107 e. The molecule has 0 radical (unpaired) electrons. The van der Waals surface area contributed by atoms with E-state index < -0.39 is 0 Å². The lowest BCUT2D eigenvalue weighted by Gasteiger charge is -2.01. The van der Waals surface area contributed by atoms with Crippen molar-refractivity contribution < 1.29 is 4.74 Å². The topological polar surface area (TPSA) is 9.23 Å². The van der Waals surface area contributed by atoms with Gasteiger partial charge >= 0.3 is 0 Å². The van der Waals surface area contributed by atoms with E-state index in [1.807, 2.05) is 6.08 Å². The normalized spacial score (nSPS) is 9.80. The Kier molecular flexibility index (Phi) is 12.6. The Morgan fingerprint density at radius 2 is 1.60 bits per heavy atom. The predicted molar refractivity (Wildman–Crippen MR) is 66.8 cm³/mol. The summed E-state index contributed by atoms with van der Waals surface area (Å²) in [5.41, 5.74) is 0. The second-order valence-electron chi connectivity index (χ2n) is 3.81. The summed E-state index contributed by atoms with van der Waals surface area (Å²) in [5.74, 6) is 2.47. The lowest BCUT2D eigenvalue weighted by molar-refractivity contribution is 0.162. The zero-order valence-corrected chi connectivity index (χ0v) is 9.84. The molecule has 0 aliphatic heterocycles. The second kappa shape index (κ2) is 13.3. The Bertz CT molecular complexity index is 167. The minimum atomic E-state index is 0.460. The average molecular weight is 208 g/mol. The van der Waals surface area contributed by atoms with E-state index in [4.69, 9.17) is 11.2 Å². The van der Waals surface area contributed by atoms with E-state index in [0.717, 1.165) is 13.0 Å². The van der Waals surface area contributed by atoms with E-state index in [2.05, 4.69) is 12.5 Å². The van der Waals surface area contributed by atoms with Gasteiger partial charge in [-0.2, -0.15) is 0 Å². The number of allylic oxidation sites excluding steroid dienone is 1. The zero-order chi connectivity index (χ0) is 11.2. The van der Waals surface area contributed by atoms with Gasteiger partial charge in [-0.25, -0.2) is 0 Å². The maximum atomic E-state index is 5.20. The van der Waals surface area contributed by atoms with Crippen molar-refractivity contribution in [2.24, 2.45) is 0 Å². The SMILES string of the molecule is C#CCOCCCCCCCCCC=C. The number of unbranched alkanes of at least 4 members (excludes halogenated alkanes) is 7. The monoisotopic (exact) mass is 208 g/mol. The number of hydrogen-bond acceptors (Lipinski definition) is 1. The fraction of sp³-hybridized carbons (Fsp3) is 0.714. The molecule has 0 saturated heterocycles. The molecule has 1 nitrogen and oxygen atoms in total. The standard InChI is InChI=1S/C14H24O/c1-3-5-6-7-8-9-10-11-12-14-15-13-4-2/h2-3H,1,5-14H2. The Hall–Kier alpha value is -0.740. The van der Waals surface area contributed by atoms with Gasteiger partial charge in [0.05, 0.1) is 0 Å². The first-order valence-electron chi connectivity index (χ1n) is 6.04. The van der Waals surface area contributed by atoms with Crippen LogP contribution in [0.15, 0.2) is 12.7 Å². The van der Waals surface area contributed by atoms with Crippen LogP contribution in [-0.4, -0.2) is 13.2 Å². The van der Waals surface area contributed by atoms with Crippen molar-refractivity contribution in [1.29, 1.82) is 0 Å². The van der Waals surface area contributed by atoms with Crippen molar-refractivity contribution in [2.75, 3.05) is 13.2 Å². The average Bonchev–Trinajstić information content (AvgIpc) is 2.26. The number of hydrogen-bond donors (Lipinski definition) is 0. The van der Waals surface area contributed by atoms with E-state index >= 15 is 0 Å². The molecule has 0 aliphatic carbocycles. The van der Waals surface area contributed by atoms with Crippen LogP contribution in [0.5, 0.6) is 0 Å². The highest BCUT2D eigenvalue weighted by Crippen LogP contribution is 2.08. The first kappa shape index (κ1) is 14.3. The van der Waals surface area contributed by atoms with E-state index in [1.165, 1.54) is 44.9 Å². The highest BCUT2D eigenvalue weighted by molar-refractivity contribution is 4.82. The fourth-order valence-corrected chi connectivity index (χ4v) is 1.51. The zero-order valence-electron chi connectivity index (χ0n) is 9.84. The van der Waals surface area contributed by atoms with Crippen molar-refractivity contribution in [3.8, 4) is 12.3 Å². The van der Waals surface area contributed by atoms with Gasteiger partial charge in [-0.15, -0.1) is 13.0 Å². The molecule has 0 unspecified atom stereocenters. The Labute approximate surface area is 94.9 Å². The Balaban J connectivity index is 2.87. The van der Waals surface area contributed by atoms with E-state index in [1.54, 1.807) is 0 Å². The molecule has 0 spiro atoms. The van der Waals surface area contributed by atoms with Gasteiger partial charge in [0.1, 0.15) is 6.61 Å². The number of terminal acetylenes is 1. The molecule has 0 saturated carbocycles. The third-order valence-electron chi connectivity index (χ3n) is 2.38. The van der Waals surface area contributed by atoms with Gasteiger partial charge < -0.3 is 4.74 Å². The minimum absolute atomic E-state index is 0.460. The molecular formula is C14H24O. The molecule has 0 N–H and O–H groups in total. The molecule has 0 amide bonds. The van der Waals surface area contributed by atoms with Crippen LogP contribution in [0.25, 0.3) is 0 Å². The van der Waals surface area contributed by atoms with Crippen molar-refractivity contribution in [3.63, 3.8) is 0 Å². The maximum absolute atomic E-state index is 5.20. The number of rotatable bonds is 11. The molecule has 0 bridgehead atoms. The molecule has 0 aromatic heterocycles. The van der Waals surface area contributed by atoms with Crippen molar-refractivity contribution >= 4 is 0 Å².